The first kappa shape index (κ1) is 14.5. The van der Waals surface area contributed by atoms with Crippen molar-refractivity contribution in [1.29, 1.82) is 0 Å². The minimum absolute atomic E-state index is 0. The highest BCUT2D eigenvalue weighted by molar-refractivity contribution is 5.85. The van der Waals surface area contributed by atoms with Crippen LogP contribution in [0.3, 0.4) is 0 Å². The molecule has 1 aromatic rings. The van der Waals surface area contributed by atoms with Crippen LogP contribution in [-0.4, -0.2) is 25.3 Å². The molecule has 90 valence electrons. The monoisotopic (exact) mass is 247 g/mol. The van der Waals surface area contributed by atoms with Crippen LogP contribution in [0, 0.1) is 0 Å². The van der Waals surface area contributed by atoms with Gasteiger partial charge in [0.05, 0.1) is 14.2 Å². The maximum absolute atomic E-state index is 11.1. The van der Waals surface area contributed by atoms with Gasteiger partial charge in [0.2, 0.25) is 0 Å². The summed E-state index contributed by atoms with van der Waals surface area (Å²) < 4.78 is 9.37. The minimum Gasteiger partial charge on any atom is -0.507 e. The number of methoxy groups -OCH3 is 2. The molecule has 1 aromatic carbocycles. The van der Waals surface area contributed by atoms with Gasteiger partial charge in [-0.25, -0.2) is 0 Å². The van der Waals surface area contributed by atoms with E-state index in [1.54, 1.807) is 6.07 Å². The Morgan fingerprint density at radius 3 is 2.50 bits per heavy atom. The van der Waals surface area contributed by atoms with E-state index in [2.05, 4.69) is 4.74 Å². The van der Waals surface area contributed by atoms with Gasteiger partial charge in [-0.05, 0) is 12.1 Å². The number of carbonyl (C=O) groups excluding carboxylic acids is 1. The van der Waals surface area contributed by atoms with Gasteiger partial charge in [0, 0.05) is 11.6 Å². The second kappa shape index (κ2) is 6.19. The fraction of sp³-hybridized carbons (Fsp3) is 0.300. The number of hydrogen-bond donors (Lipinski definition) is 2. The van der Waals surface area contributed by atoms with Crippen molar-refractivity contribution in [3.05, 3.63) is 23.8 Å². The van der Waals surface area contributed by atoms with Gasteiger partial charge < -0.3 is 20.3 Å². The summed E-state index contributed by atoms with van der Waals surface area (Å²) in [6.07, 6.45) is 0. The molecule has 0 fully saturated rings. The van der Waals surface area contributed by atoms with Gasteiger partial charge >= 0.3 is 5.97 Å². The van der Waals surface area contributed by atoms with Crippen LogP contribution in [0.2, 0.25) is 0 Å². The molecular weight excluding hydrogens is 234 g/mol. The van der Waals surface area contributed by atoms with Crippen molar-refractivity contribution in [1.82, 2.24) is 0 Å². The van der Waals surface area contributed by atoms with Crippen LogP contribution in [0.1, 0.15) is 11.6 Å². The van der Waals surface area contributed by atoms with Crippen LogP contribution in [-0.2, 0) is 9.53 Å². The summed E-state index contributed by atoms with van der Waals surface area (Å²) in [5.41, 5.74) is 5.87. The van der Waals surface area contributed by atoms with Crippen molar-refractivity contribution >= 4 is 18.4 Å². The topological polar surface area (TPSA) is 81.8 Å². The highest BCUT2D eigenvalue weighted by Crippen LogP contribution is 2.27. The largest absolute Gasteiger partial charge is 0.507 e. The van der Waals surface area contributed by atoms with Crippen LogP contribution in [0.5, 0.6) is 11.5 Å². The fourth-order valence-corrected chi connectivity index (χ4v) is 1.17. The molecule has 5 nitrogen and oxygen atoms in total. The van der Waals surface area contributed by atoms with E-state index in [-0.39, 0.29) is 18.2 Å². The number of ether oxygens (including phenoxy) is 2. The lowest BCUT2D eigenvalue weighted by atomic mass is 10.1. The number of hydrogen-bond acceptors (Lipinski definition) is 5. The molecule has 0 saturated carbocycles. The van der Waals surface area contributed by atoms with Crippen LogP contribution in [0.4, 0.5) is 0 Å². The second-order valence-electron chi connectivity index (χ2n) is 2.93. The van der Waals surface area contributed by atoms with Gasteiger partial charge in [0.25, 0.3) is 0 Å². The number of aromatic hydroxyl groups is 1. The molecule has 16 heavy (non-hydrogen) atoms. The van der Waals surface area contributed by atoms with Crippen LogP contribution < -0.4 is 10.5 Å². The maximum Gasteiger partial charge on any atom is 0.327 e. The summed E-state index contributed by atoms with van der Waals surface area (Å²) >= 11 is 0. The van der Waals surface area contributed by atoms with E-state index in [1.807, 2.05) is 0 Å². The van der Waals surface area contributed by atoms with Gasteiger partial charge in [0.15, 0.2) is 0 Å². The summed E-state index contributed by atoms with van der Waals surface area (Å²) in [6.45, 7) is 0. The molecule has 1 rings (SSSR count). The molecule has 3 N–H and O–H groups in total. The number of phenols is 1. The number of rotatable bonds is 3. The van der Waals surface area contributed by atoms with E-state index in [1.165, 1.54) is 26.4 Å². The molecule has 0 heterocycles. The van der Waals surface area contributed by atoms with Crippen LogP contribution in [0.25, 0.3) is 0 Å². The molecule has 0 bridgehead atoms. The molecule has 0 radical (unpaired) electrons. The molecule has 0 saturated heterocycles. The lowest BCUT2D eigenvalue weighted by molar-refractivity contribution is -0.142. The van der Waals surface area contributed by atoms with E-state index < -0.39 is 12.0 Å². The van der Waals surface area contributed by atoms with Crippen molar-refractivity contribution in [3.63, 3.8) is 0 Å². The van der Waals surface area contributed by atoms with Crippen LogP contribution >= 0.6 is 12.4 Å². The van der Waals surface area contributed by atoms with E-state index in [4.69, 9.17) is 10.5 Å². The van der Waals surface area contributed by atoms with E-state index in [9.17, 15) is 9.90 Å². The molecule has 6 heteroatoms. The first-order valence-corrected chi connectivity index (χ1v) is 4.30. The van der Waals surface area contributed by atoms with Gasteiger partial charge in [-0.3, -0.25) is 4.79 Å². The Bertz CT molecular complexity index is 370. The average Bonchev–Trinajstić information content (AvgIpc) is 2.26. The summed E-state index contributed by atoms with van der Waals surface area (Å²) in [7, 11) is 2.72. The Morgan fingerprint density at radius 2 is 2.06 bits per heavy atom. The minimum atomic E-state index is -0.985. The number of nitrogens with two attached hydrogens (primary N) is 1. The number of phenolic OH excluding ortho intramolecular Hbond substituents is 1. The molecule has 0 spiro atoms. The maximum atomic E-state index is 11.1. The van der Waals surface area contributed by atoms with Crippen LogP contribution in [0.15, 0.2) is 18.2 Å². The van der Waals surface area contributed by atoms with Gasteiger partial charge in [-0.15, -0.1) is 12.4 Å². The average molecular weight is 248 g/mol. The lowest BCUT2D eigenvalue weighted by Crippen LogP contribution is -2.22. The zero-order valence-corrected chi connectivity index (χ0v) is 9.78. The number of esters is 1. The molecule has 0 aliphatic rings. The van der Waals surface area contributed by atoms with Crippen molar-refractivity contribution in [2.45, 2.75) is 6.04 Å². The molecule has 0 unspecified atom stereocenters. The van der Waals surface area contributed by atoms with E-state index in [0.717, 1.165) is 0 Å². The zero-order valence-electron chi connectivity index (χ0n) is 8.97. The SMILES string of the molecule is COC(=O)[C@H](N)c1ccc(OC)cc1O.Cl. The van der Waals surface area contributed by atoms with Gasteiger partial charge in [0.1, 0.15) is 17.5 Å². The molecule has 0 aromatic heterocycles. The second-order valence-corrected chi connectivity index (χ2v) is 2.93. The van der Waals surface area contributed by atoms with Crippen molar-refractivity contribution in [2.75, 3.05) is 14.2 Å². The first-order valence-electron chi connectivity index (χ1n) is 4.30. The fourth-order valence-electron chi connectivity index (χ4n) is 1.17. The first-order chi connectivity index (χ1) is 7.10. The van der Waals surface area contributed by atoms with Gasteiger partial charge in [-0.1, -0.05) is 0 Å². The summed E-state index contributed by atoms with van der Waals surface area (Å²) in [6, 6.07) is 3.53. The molecule has 0 aliphatic carbocycles. The zero-order chi connectivity index (χ0) is 11.4. The Balaban J connectivity index is 0.00000225. The van der Waals surface area contributed by atoms with Crippen molar-refractivity contribution in [2.24, 2.45) is 5.73 Å². The highest BCUT2D eigenvalue weighted by Gasteiger charge is 2.19. The molecular formula is C10H14ClNO4. The third kappa shape index (κ3) is 3.01. The molecule has 1 atom stereocenters. The van der Waals surface area contributed by atoms with E-state index >= 15 is 0 Å². The van der Waals surface area contributed by atoms with E-state index in [0.29, 0.717) is 11.3 Å². The summed E-state index contributed by atoms with van der Waals surface area (Å²) in [5.74, 6) is -0.198. The number of carbonyl (C=O) groups is 1. The summed E-state index contributed by atoms with van der Waals surface area (Å²) in [5, 5.41) is 9.57. The Morgan fingerprint density at radius 1 is 1.44 bits per heavy atom. The third-order valence-electron chi connectivity index (χ3n) is 2.03. The highest BCUT2D eigenvalue weighted by atomic mass is 35.5. The van der Waals surface area contributed by atoms with Gasteiger partial charge in [-0.2, -0.15) is 0 Å². The van der Waals surface area contributed by atoms with Crippen molar-refractivity contribution in [3.8, 4) is 11.5 Å². The predicted octanol–water partition coefficient (Wildman–Crippen LogP) is 0.995. The third-order valence-corrected chi connectivity index (χ3v) is 2.03. The number of halogens is 1. The quantitative estimate of drug-likeness (QED) is 0.779. The van der Waals surface area contributed by atoms with Crippen molar-refractivity contribution < 1.29 is 19.4 Å². The summed E-state index contributed by atoms with van der Waals surface area (Å²) in [4.78, 5) is 11.1. The Labute approximate surface area is 99.6 Å². The predicted molar refractivity (Wildman–Crippen MR) is 60.9 cm³/mol. The Kier molecular flexibility index (Phi) is 5.63. The Hall–Kier alpha value is -1.46. The smallest absolute Gasteiger partial charge is 0.327 e. The molecule has 0 amide bonds. The normalized spacial score (nSPS) is 11.2. The standard InChI is InChI=1S/C10H13NO4.ClH/c1-14-6-3-4-7(8(12)5-6)9(11)10(13)15-2;/h3-5,9,12H,11H2,1-2H3;1H/t9-;/m1./s1. The molecule has 0 aliphatic heterocycles. The lowest BCUT2D eigenvalue weighted by Gasteiger charge is -2.12. The number of benzene rings is 1.